The van der Waals surface area contributed by atoms with Gasteiger partial charge < -0.3 is 5.32 Å². The number of hydrogen-bond acceptors (Lipinski definition) is 2. The van der Waals surface area contributed by atoms with Crippen molar-refractivity contribution in [2.75, 3.05) is 6.54 Å². The van der Waals surface area contributed by atoms with Gasteiger partial charge in [0.2, 0.25) is 0 Å². The number of nitrogens with one attached hydrogen (secondary N) is 1. The highest BCUT2D eigenvalue weighted by Crippen LogP contribution is 2.37. The summed E-state index contributed by atoms with van der Waals surface area (Å²) < 4.78 is 0. The number of hydrogen-bond donors (Lipinski definition) is 1. The second kappa shape index (κ2) is 4.79. The van der Waals surface area contributed by atoms with E-state index >= 15 is 0 Å². The fraction of sp³-hybridized carbons (Fsp3) is 1.00. The summed E-state index contributed by atoms with van der Waals surface area (Å²) in [6, 6.07) is 3.30. The van der Waals surface area contributed by atoms with Gasteiger partial charge in [0.15, 0.2) is 0 Å². The van der Waals surface area contributed by atoms with Crippen molar-refractivity contribution in [3.05, 3.63) is 0 Å². The molecule has 18 heavy (non-hydrogen) atoms. The van der Waals surface area contributed by atoms with Gasteiger partial charge in [-0.1, -0.05) is 20.3 Å². The molecule has 2 heteroatoms. The molecular weight excluding hydrogens is 220 g/mol. The molecule has 1 saturated heterocycles. The van der Waals surface area contributed by atoms with Gasteiger partial charge >= 0.3 is 0 Å². The lowest BCUT2D eigenvalue weighted by atomic mass is 9.75. The van der Waals surface area contributed by atoms with Crippen LogP contribution in [0.3, 0.4) is 0 Å². The lowest BCUT2D eigenvalue weighted by Gasteiger charge is -2.37. The lowest BCUT2D eigenvalue weighted by Crippen LogP contribution is -2.44. The summed E-state index contributed by atoms with van der Waals surface area (Å²) in [6.07, 6.45) is 9.88. The molecule has 2 saturated carbocycles. The molecule has 0 aromatic heterocycles. The number of rotatable bonds is 3. The van der Waals surface area contributed by atoms with Crippen molar-refractivity contribution < 1.29 is 0 Å². The van der Waals surface area contributed by atoms with Crippen molar-refractivity contribution in [3.63, 3.8) is 0 Å². The highest BCUT2D eigenvalue weighted by Gasteiger charge is 2.39. The third-order valence-electron chi connectivity index (χ3n) is 5.32. The summed E-state index contributed by atoms with van der Waals surface area (Å²) in [5.74, 6) is 0. The maximum absolute atomic E-state index is 3.97. The lowest BCUT2D eigenvalue weighted by molar-refractivity contribution is 0.187. The molecule has 1 heterocycles. The fourth-order valence-corrected chi connectivity index (χ4v) is 4.27. The second-order valence-corrected chi connectivity index (χ2v) is 7.83. The second-order valence-electron chi connectivity index (χ2n) is 7.83. The molecule has 0 aromatic rings. The minimum atomic E-state index is 0.566. The molecule has 1 N–H and O–H groups in total. The molecule has 0 spiro atoms. The van der Waals surface area contributed by atoms with Crippen LogP contribution in [-0.2, 0) is 0 Å². The van der Waals surface area contributed by atoms with Crippen LogP contribution in [0.1, 0.15) is 65.7 Å². The smallest absolute Gasteiger partial charge is 0.0212 e. The molecule has 0 aromatic carbocycles. The van der Waals surface area contributed by atoms with Gasteiger partial charge in [-0.15, -0.1) is 0 Å². The number of nitrogens with zero attached hydrogens (tertiary/aromatic N) is 1. The quantitative estimate of drug-likeness (QED) is 0.827. The predicted molar refractivity (Wildman–Crippen MR) is 76.8 cm³/mol. The van der Waals surface area contributed by atoms with Crippen molar-refractivity contribution in [3.8, 4) is 0 Å². The van der Waals surface area contributed by atoms with E-state index in [1.165, 1.54) is 51.5 Å². The first-order valence-electron chi connectivity index (χ1n) is 8.05. The van der Waals surface area contributed by atoms with Gasteiger partial charge in [-0.2, -0.15) is 0 Å². The first-order valence-corrected chi connectivity index (χ1v) is 8.05. The van der Waals surface area contributed by atoms with Crippen LogP contribution in [0.4, 0.5) is 0 Å². The van der Waals surface area contributed by atoms with E-state index in [2.05, 4.69) is 31.0 Å². The van der Waals surface area contributed by atoms with Crippen LogP contribution < -0.4 is 5.32 Å². The molecule has 3 unspecified atom stereocenters. The molecule has 0 amide bonds. The zero-order valence-corrected chi connectivity index (χ0v) is 12.4. The zero-order chi connectivity index (χ0) is 12.8. The van der Waals surface area contributed by atoms with Gasteiger partial charge in [0.05, 0.1) is 0 Å². The Morgan fingerprint density at radius 2 is 1.89 bits per heavy atom. The van der Waals surface area contributed by atoms with E-state index in [1.807, 2.05) is 0 Å². The standard InChI is InChI=1S/C16H30N2/c1-12-9-14(11-18(12)15-6-7-15)17-13-5-4-8-16(2,3)10-13/h12-15,17H,4-11H2,1-3H3. The Morgan fingerprint density at radius 1 is 1.11 bits per heavy atom. The summed E-state index contributed by atoms with van der Waals surface area (Å²) >= 11 is 0. The molecule has 0 radical (unpaired) electrons. The minimum absolute atomic E-state index is 0.566. The minimum Gasteiger partial charge on any atom is -0.310 e. The zero-order valence-electron chi connectivity index (χ0n) is 12.4. The molecule has 3 atom stereocenters. The summed E-state index contributed by atoms with van der Waals surface area (Å²) in [5.41, 5.74) is 0.566. The van der Waals surface area contributed by atoms with Crippen molar-refractivity contribution in [2.45, 2.75) is 89.9 Å². The van der Waals surface area contributed by atoms with Crippen molar-refractivity contribution in [2.24, 2.45) is 5.41 Å². The van der Waals surface area contributed by atoms with Gasteiger partial charge in [0, 0.05) is 30.7 Å². The van der Waals surface area contributed by atoms with Crippen LogP contribution in [0.5, 0.6) is 0 Å². The Balaban J connectivity index is 1.51. The van der Waals surface area contributed by atoms with Crippen molar-refractivity contribution >= 4 is 0 Å². The van der Waals surface area contributed by atoms with Crippen LogP contribution in [0.2, 0.25) is 0 Å². The summed E-state index contributed by atoms with van der Waals surface area (Å²) in [5, 5.41) is 3.97. The Bertz CT molecular complexity index is 295. The van der Waals surface area contributed by atoms with Crippen LogP contribution in [0.15, 0.2) is 0 Å². The molecule has 3 aliphatic rings. The third-order valence-corrected chi connectivity index (χ3v) is 5.32. The summed E-state index contributed by atoms with van der Waals surface area (Å²) in [6.45, 7) is 8.61. The SMILES string of the molecule is CC1CC(NC2CCCC(C)(C)C2)CN1C1CC1. The predicted octanol–water partition coefficient (Wildman–Crippen LogP) is 3.17. The molecule has 1 aliphatic heterocycles. The van der Waals surface area contributed by atoms with E-state index in [0.717, 1.165) is 24.2 Å². The fourth-order valence-electron chi connectivity index (χ4n) is 4.27. The molecular formula is C16H30N2. The van der Waals surface area contributed by atoms with E-state index in [9.17, 15) is 0 Å². The first-order chi connectivity index (χ1) is 8.53. The molecule has 0 bridgehead atoms. The van der Waals surface area contributed by atoms with Crippen LogP contribution in [-0.4, -0.2) is 35.6 Å². The largest absolute Gasteiger partial charge is 0.310 e. The van der Waals surface area contributed by atoms with E-state index < -0.39 is 0 Å². The molecule has 104 valence electrons. The summed E-state index contributed by atoms with van der Waals surface area (Å²) in [4.78, 5) is 2.76. The van der Waals surface area contributed by atoms with Crippen LogP contribution in [0, 0.1) is 5.41 Å². The Hall–Kier alpha value is -0.0800. The number of likely N-dealkylation sites (tertiary alicyclic amines) is 1. The highest BCUT2D eigenvalue weighted by molar-refractivity contribution is 4.97. The molecule has 2 nitrogen and oxygen atoms in total. The highest BCUT2D eigenvalue weighted by atomic mass is 15.3. The Kier molecular flexibility index (Phi) is 3.44. The van der Waals surface area contributed by atoms with E-state index in [-0.39, 0.29) is 0 Å². The van der Waals surface area contributed by atoms with Gasteiger partial charge in [-0.05, 0) is 50.9 Å². The Labute approximate surface area is 113 Å². The molecule has 3 fully saturated rings. The maximum Gasteiger partial charge on any atom is 0.0212 e. The van der Waals surface area contributed by atoms with Crippen LogP contribution in [0.25, 0.3) is 0 Å². The third kappa shape index (κ3) is 2.91. The maximum atomic E-state index is 3.97. The Morgan fingerprint density at radius 3 is 2.56 bits per heavy atom. The van der Waals surface area contributed by atoms with Gasteiger partial charge in [-0.25, -0.2) is 0 Å². The van der Waals surface area contributed by atoms with E-state index in [0.29, 0.717) is 5.41 Å². The molecule has 2 aliphatic carbocycles. The first kappa shape index (κ1) is 12.9. The summed E-state index contributed by atoms with van der Waals surface area (Å²) in [7, 11) is 0. The van der Waals surface area contributed by atoms with Crippen LogP contribution >= 0.6 is 0 Å². The van der Waals surface area contributed by atoms with E-state index in [1.54, 1.807) is 0 Å². The average Bonchev–Trinajstić information content (AvgIpc) is 3.03. The normalized spacial score (nSPS) is 41.2. The van der Waals surface area contributed by atoms with Crippen molar-refractivity contribution in [1.82, 2.24) is 10.2 Å². The topological polar surface area (TPSA) is 15.3 Å². The van der Waals surface area contributed by atoms with E-state index in [4.69, 9.17) is 0 Å². The average molecular weight is 250 g/mol. The monoisotopic (exact) mass is 250 g/mol. The van der Waals surface area contributed by atoms with Gasteiger partial charge in [0.1, 0.15) is 0 Å². The van der Waals surface area contributed by atoms with Gasteiger partial charge in [0.25, 0.3) is 0 Å². The molecule has 3 rings (SSSR count). The van der Waals surface area contributed by atoms with Crippen molar-refractivity contribution in [1.29, 1.82) is 0 Å². The van der Waals surface area contributed by atoms with Gasteiger partial charge in [-0.3, -0.25) is 4.90 Å².